The maximum Gasteiger partial charge on any atom is 0.308 e. The highest BCUT2D eigenvalue weighted by Crippen LogP contribution is 2.41. The average molecular weight is 737 g/mol. The summed E-state index contributed by atoms with van der Waals surface area (Å²) in [4.78, 5) is 19.8. The molecule has 1 aliphatic heterocycles. The lowest BCUT2D eigenvalue weighted by Crippen LogP contribution is -2.29. The Kier molecular flexibility index (Phi) is 10.0. The lowest BCUT2D eigenvalue weighted by Gasteiger charge is -2.31. The zero-order valence-corrected chi connectivity index (χ0v) is 31.0. The van der Waals surface area contributed by atoms with Crippen LogP contribution in [0.4, 0.5) is 13.2 Å². The molecular weight excluding hydrogens is 694 g/mol. The Bertz CT molecular complexity index is 2270. The van der Waals surface area contributed by atoms with Crippen molar-refractivity contribution in [1.82, 2.24) is 19.7 Å². The third kappa shape index (κ3) is 7.33. The van der Waals surface area contributed by atoms with Crippen LogP contribution in [-0.2, 0) is 44.7 Å². The number of carbonyl (C=O) groups excluding carboxylic acids is 1. The standard InChI is InChI=1S/C39H43F3N4O5S/c1-23(36(47)50-6)19-24-9-7-10-25(20-24)39(4)16-8-15-38(2,3)22-52(48,49)18-14-28-27-13-17-43-33(27)31(41)32(42)34(28)51-26-11-12-30(40)29(21-26)35-44-37(39)45-46(35)5/h7,9-13,17,20-21,23,43H,8,14-16,18-19,22H2,1-6H3/t23-,39-/m1/s1. The van der Waals surface area contributed by atoms with Gasteiger partial charge in [-0.25, -0.2) is 26.9 Å². The maximum atomic E-state index is 15.7. The van der Waals surface area contributed by atoms with Crippen molar-refractivity contribution in [2.24, 2.45) is 18.4 Å². The number of hydrogen-bond acceptors (Lipinski definition) is 7. The van der Waals surface area contributed by atoms with Gasteiger partial charge in [0.1, 0.15) is 11.6 Å². The van der Waals surface area contributed by atoms with E-state index >= 15 is 13.2 Å². The van der Waals surface area contributed by atoms with Gasteiger partial charge in [-0.1, -0.05) is 51.5 Å². The van der Waals surface area contributed by atoms with Gasteiger partial charge in [-0.15, -0.1) is 0 Å². The number of carbonyl (C=O) groups is 1. The zero-order valence-electron chi connectivity index (χ0n) is 30.1. The van der Waals surface area contributed by atoms with E-state index in [9.17, 15) is 13.2 Å². The topological polar surface area (TPSA) is 116 Å². The van der Waals surface area contributed by atoms with E-state index in [0.717, 1.165) is 17.2 Å². The molecule has 6 rings (SSSR count). The fourth-order valence-electron chi connectivity index (χ4n) is 7.31. The number of sulfone groups is 1. The number of methoxy groups -OCH3 is 1. The molecule has 52 heavy (non-hydrogen) atoms. The van der Waals surface area contributed by atoms with Crippen LogP contribution in [0.25, 0.3) is 22.3 Å². The van der Waals surface area contributed by atoms with Gasteiger partial charge in [-0.2, -0.15) is 9.49 Å². The monoisotopic (exact) mass is 736 g/mol. The number of H-pyrrole nitrogens is 1. The number of nitrogens with one attached hydrogen (secondary N) is 1. The summed E-state index contributed by atoms with van der Waals surface area (Å²) in [5.74, 6) is -4.09. The van der Waals surface area contributed by atoms with E-state index in [1.165, 1.54) is 30.1 Å². The normalized spacial score (nSPS) is 19.6. The minimum Gasteiger partial charge on any atom is -0.469 e. The molecule has 2 aromatic heterocycles. The Morgan fingerprint density at radius 1 is 1.08 bits per heavy atom. The number of esters is 1. The SMILES string of the molecule is COC(=O)[C@H](C)Cc1cccc([C@@]2(C)CCCC(C)(C)CS(=O)(=O)CCc3c(c(F)c(F)c4[nH]ccc34)Oc3ccc(F)c(c3)-c3nc2nn3C)c1. The molecule has 276 valence electrons. The van der Waals surface area contributed by atoms with Gasteiger partial charge >= 0.3 is 5.97 Å². The molecular formula is C39H43F3N4O5S. The third-order valence-electron chi connectivity index (χ3n) is 10.1. The quantitative estimate of drug-likeness (QED) is 0.186. The van der Waals surface area contributed by atoms with E-state index in [1.54, 1.807) is 20.0 Å². The summed E-state index contributed by atoms with van der Waals surface area (Å²) in [6, 6.07) is 13.2. The largest absolute Gasteiger partial charge is 0.469 e. The average Bonchev–Trinajstić information content (AvgIpc) is 3.74. The fraction of sp³-hybridized carbons (Fsp3) is 0.410. The number of halogens is 3. The molecule has 1 aliphatic rings. The van der Waals surface area contributed by atoms with Crippen molar-refractivity contribution in [3.05, 3.63) is 94.7 Å². The first kappa shape index (κ1) is 37.1. The first-order valence-corrected chi connectivity index (χ1v) is 19.1. The second kappa shape index (κ2) is 14.1. The second-order valence-corrected chi connectivity index (χ2v) is 17.0. The van der Waals surface area contributed by atoms with Crippen LogP contribution in [0, 0.1) is 28.8 Å². The van der Waals surface area contributed by atoms with Crippen LogP contribution in [0.2, 0.25) is 0 Å². The molecule has 3 heterocycles. The van der Waals surface area contributed by atoms with Crippen LogP contribution < -0.4 is 4.74 Å². The predicted octanol–water partition coefficient (Wildman–Crippen LogP) is 8.00. The van der Waals surface area contributed by atoms with Gasteiger partial charge in [0.15, 0.2) is 33.1 Å². The van der Waals surface area contributed by atoms with Crippen molar-refractivity contribution in [2.75, 3.05) is 18.6 Å². The Hall–Kier alpha value is -4.65. The van der Waals surface area contributed by atoms with Gasteiger partial charge in [0.2, 0.25) is 5.82 Å². The highest BCUT2D eigenvalue weighted by Gasteiger charge is 2.36. The van der Waals surface area contributed by atoms with E-state index in [-0.39, 0.29) is 58.0 Å². The summed E-state index contributed by atoms with van der Waals surface area (Å²) >= 11 is 0. The molecule has 0 unspecified atom stereocenters. The minimum absolute atomic E-state index is 0.00400. The maximum absolute atomic E-state index is 15.7. The molecule has 5 aromatic rings. The van der Waals surface area contributed by atoms with E-state index in [1.807, 2.05) is 45.0 Å². The van der Waals surface area contributed by atoms with Crippen LogP contribution >= 0.6 is 0 Å². The minimum atomic E-state index is -3.69. The highest BCUT2D eigenvalue weighted by atomic mass is 32.2. The summed E-state index contributed by atoms with van der Waals surface area (Å²) < 4.78 is 86.3. The highest BCUT2D eigenvalue weighted by molar-refractivity contribution is 7.91. The first-order chi connectivity index (χ1) is 24.5. The predicted molar refractivity (Wildman–Crippen MR) is 192 cm³/mol. The molecule has 9 nitrogen and oxygen atoms in total. The van der Waals surface area contributed by atoms with E-state index in [2.05, 4.69) is 4.98 Å². The summed E-state index contributed by atoms with van der Waals surface area (Å²) in [5.41, 5.74) is 0.450. The van der Waals surface area contributed by atoms with E-state index in [4.69, 9.17) is 19.6 Å². The Morgan fingerprint density at radius 2 is 1.85 bits per heavy atom. The fourth-order valence-corrected chi connectivity index (χ4v) is 9.31. The molecule has 0 spiro atoms. The summed E-state index contributed by atoms with van der Waals surface area (Å²) in [5, 5.41) is 5.08. The van der Waals surface area contributed by atoms with Gasteiger partial charge in [-0.05, 0) is 73.4 Å². The molecule has 0 aliphatic carbocycles. The molecule has 0 saturated carbocycles. The Labute approximate surface area is 301 Å². The first-order valence-electron chi connectivity index (χ1n) is 17.3. The van der Waals surface area contributed by atoms with E-state index in [0.29, 0.717) is 36.9 Å². The van der Waals surface area contributed by atoms with Crippen molar-refractivity contribution in [1.29, 1.82) is 0 Å². The smallest absolute Gasteiger partial charge is 0.308 e. The number of aromatic amines is 1. The van der Waals surface area contributed by atoms with Crippen molar-refractivity contribution in [3.8, 4) is 22.9 Å². The zero-order chi connectivity index (χ0) is 37.6. The number of aromatic nitrogens is 4. The van der Waals surface area contributed by atoms with Gasteiger partial charge in [-0.3, -0.25) is 4.79 Å². The van der Waals surface area contributed by atoms with Crippen molar-refractivity contribution >= 4 is 26.7 Å². The Morgan fingerprint density at radius 3 is 2.60 bits per heavy atom. The van der Waals surface area contributed by atoms with Crippen LogP contribution in [0.1, 0.15) is 69.5 Å². The van der Waals surface area contributed by atoms with Gasteiger partial charge in [0, 0.05) is 24.2 Å². The van der Waals surface area contributed by atoms with Crippen LogP contribution in [0.15, 0.2) is 54.7 Å². The van der Waals surface area contributed by atoms with Crippen molar-refractivity contribution in [2.45, 2.75) is 65.2 Å². The molecule has 13 heteroatoms. The Balaban J connectivity index is 1.50. The molecule has 0 fully saturated rings. The molecule has 1 N–H and O–H groups in total. The second-order valence-electron chi connectivity index (χ2n) is 14.8. The molecule has 0 saturated heterocycles. The van der Waals surface area contributed by atoms with Crippen LogP contribution in [-0.4, -0.2) is 52.8 Å². The molecule has 0 amide bonds. The lowest BCUT2D eigenvalue weighted by atomic mass is 9.75. The number of nitrogens with zero attached hydrogens (tertiary/aromatic N) is 3. The molecule has 3 aromatic carbocycles. The van der Waals surface area contributed by atoms with Gasteiger partial charge in [0.25, 0.3) is 0 Å². The molecule has 0 radical (unpaired) electrons. The van der Waals surface area contributed by atoms with Gasteiger partial charge in [0.05, 0.1) is 41.0 Å². The van der Waals surface area contributed by atoms with Crippen LogP contribution in [0.5, 0.6) is 11.5 Å². The van der Waals surface area contributed by atoms with E-state index < -0.39 is 43.9 Å². The number of hydrogen-bond donors (Lipinski definition) is 1. The molecule has 2 atom stereocenters. The summed E-state index contributed by atoms with van der Waals surface area (Å²) in [6.45, 7) is 7.61. The van der Waals surface area contributed by atoms with Crippen molar-refractivity contribution in [3.63, 3.8) is 0 Å². The van der Waals surface area contributed by atoms with Crippen molar-refractivity contribution < 1.29 is 35.9 Å². The van der Waals surface area contributed by atoms with Crippen LogP contribution in [0.3, 0.4) is 0 Å². The lowest BCUT2D eigenvalue weighted by molar-refractivity contribution is -0.144. The van der Waals surface area contributed by atoms with Gasteiger partial charge < -0.3 is 14.5 Å². The number of fused-ring (bicyclic) bond motifs is 8. The summed E-state index contributed by atoms with van der Waals surface area (Å²) in [7, 11) is -0.682. The number of benzene rings is 3. The summed E-state index contributed by atoms with van der Waals surface area (Å²) in [6.07, 6.45) is 3.44. The third-order valence-corrected chi connectivity index (χ3v) is 12.2. The number of rotatable bonds is 4. The number of aryl methyl sites for hydroxylation is 2. The number of ether oxygens (including phenoxy) is 2. The molecule has 4 bridgehead atoms.